The van der Waals surface area contributed by atoms with E-state index in [0.717, 1.165) is 19.3 Å². The first kappa shape index (κ1) is 13.6. The van der Waals surface area contributed by atoms with Crippen molar-refractivity contribution in [3.8, 4) is 5.75 Å². The fraction of sp³-hybridized carbons (Fsp3) is 0.400. The van der Waals surface area contributed by atoms with Gasteiger partial charge in [-0.2, -0.15) is 0 Å². The molecule has 0 unspecified atom stereocenters. The van der Waals surface area contributed by atoms with Crippen LogP contribution in [-0.2, 0) is 6.42 Å². The van der Waals surface area contributed by atoms with Crippen LogP contribution in [0.1, 0.15) is 18.4 Å². The van der Waals surface area contributed by atoms with Crippen molar-refractivity contribution in [3.05, 3.63) is 29.8 Å². The third-order valence-electron chi connectivity index (χ3n) is 1.80. The molecule has 1 rings (SSSR count). The molecule has 1 N–H and O–H groups in total. The van der Waals surface area contributed by atoms with E-state index in [1.54, 1.807) is 12.1 Å². The van der Waals surface area contributed by atoms with Crippen LogP contribution >= 0.6 is 0 Å². The average Bonchev–Trinajstić information content (AvgIpc) is 2.09. The summed E-state index contributed by atoms with van der Waals surface area (Å²) in [5.41, 5.74) is 1.18. The van der Waals surface area contributed by atoms with Crippen LogP contribution in [-0.4, -0.2) is 11.7 Å². The van der Waals surface area contributed by atoms with Crippen molar-refractivity contribution in [2.45, 2.75) is 19.3 Å². The summed E-state index contributed by atoms with van der Waals surface area (Å²) in [5, 5.41) is 19.1. The fourth-order valence-electron chi connectivity index (χ4n) is 1.09. The van der Waals surface area contributed by atoms with E-state index in [1.807, 2.05) is 12.1 Å². The van der Waals surface area contributed by atoms with Gasteiger partial charge >= 0.3 is 51.4 Å². The predicted octanol–water partition coefficient (Wildman–Crippen LogP) is -1.92. The normalized spacial score (nSPS) is 9.31. The number of benzene rings is 1. The van der Waals surface area contributed by atoms with E-state index in [4.69, 9.17) is 5.11 Å². The molecule has 0 aliphatic heterocycles. The van der Waals surface area contributed by atoms with E-state index in [9.17, 15) is 5.11 Å². The minimum Gasteiger partial charge on any atom is -0.854 e. The Morgan fingerprint density at radius 2 is 1.69 bits per heavy atom. The molecule has 0 radical (unpaired) electrons. The first-order valence-corrected chi connectivity index (χ1v) is 4.19. The van der Waals surface area contributed by atoms with Gasteiger partial charge in [0.25, 0.3) is 0 Å². The minimum absolute atomic E-state index is 0. The molecule has 0 saturated heterocycles. The molecule has 0 fully saturated rings. The Bertz CT molecular complexity index is 221. The summed E-state index contributed by atoms with van der Waals surface area (Å²) in [4.78, 5) is 0. The largest absolute Gasteiger partial charge is 1.00 e. The van der Waals surface area contributed by atoms with E-state index in [2.05, 4.69) is 0 Å². The standard InChI is InChI=1S/C10H13O2.K/c11-8-2-1-3-9-4-6-10(12)7-5-9;/h4-7,12H,1-3,8H2;/q-1;+1. The zero-order chi connectivity index (χ0) is 8.81. The first-order chi connectivity index (χ1) is 5.83. The molecule has 3 heteroatoms. The number of aryl methyl sites for hydroxylation is 1. The van der Waals surface area contributed by atoms with Crippen LogP contribution in [0.5, 0.6) is 5.75 Å². The van der Waals surface area contributed by atoms with Gasteiger partial charge in [0.05, 0.1) is 0 Å². The van der Waals surface area contributed by atoms with Gasteiger partial charge < -0.3 is 10.2 Å². The zero-order valence-corrected chi connectivity index (χ0v) is 11.1. The topological polar surface area (TPSA) is 43.3 Å². The molecule has 13 heavy (non-hydrogen) atoms. The third-order valence-corrected chi connectivity index (χ3v) is 1.80. The van der Waals surface area contributed by atoms with Crippen molar-refractivity contribution in [1.82, 2.24) is 0 Å². The predicted molar refractivity (Wildman–Crippen MR) is 45.9 cm³/mol. The van der Waals surface area contributed by atoms with Crippen LogP contribution in [0, 0.1) is 0 Å². The Morgan fingerprint density at radius 3 is 2.23 bits per heavy atom. The molecule has 0 aromatic heterocycles. The van der Waals surface area contributed by atoms with Crippen molar-refractivity contribution < 1.29 is 61.6 Å². The van der Waals surface area contributed by atoms with Gasteiger partial charge in [0.15, 0.2) is 0 Å². The molecule has 1 aromatic rings. The molecule has 0 atom stereocenters. The van der Waals surface area contributed by atoms with E-state index in [0.29, 0.717) is 5.75 Å². The number of phenolic OH excluding ortho intramolecular Hbond substituents is 1. The summed E-state index contributed by atoms with van der Waals surface area (Å²) in [6, 6.07) is 7.12. The summed E-state index contributed by atoms with van der Waals surface area (Å²) in [6.07, 6.45) is 2.61. The molecule has 0 heterocycles. The summed E-state index contributed by atoms with van der Waals surface area (Å²) >= 11 is 0. The molecule has 0 spiro atoms. The minimum atomic E-state index is 0. The van der Waals surface area contributed by atoms with Crippen LogP contribution in [0.4, 0.5) is 0 Å². The monoisotopic (exact) mass is 204 g/mol. The number of aromatic hydroxyl groups is 1. The van der Waals surface area contributed by atoms with Crippen LogP contribution in [0.25, 0.3) is 0 Å². The molecule has 2 nitrogen and oxygen atoms in total. The average molecular weight is 204 g/mol. The Balaban J connectivity index is 0.00000144. The molecule has 0 saturated carbocycles. The van der Waals surface area contributed by atoms with E-state index < -0.39 is 0 Å². The van der Waals surface area contributed by atoms with Crippen LogP contribution < -0.4 is 56.5 Å². The second kappa shape index (κ2) is 7.97. The first-order valence-electron chi connectivity index (χ1n) is 4.19. The molecule has 66 valence electrons. The maximum atomic E-state index is 10.1. The van der Waals surface area contributed by atoms with Crippen molar-refractivity contribution >= 4 is 0 Å². The molecule has 0 amide bonds. The van der Waals surface area contributed by atoms with Crippen molar-refractivity contribution in [2.75, 3.05) is 6.61 Å². The summed E-state index contributed by atoms with van der Waals surface area (Å²) < 4.78 is 0. The maximum absolute atomic E-state index is 10.1. The second-order valence-electron chi connectivity index (χ2n) is 2.83. The van der Waals surface area contributed by atoms with Gasteiger partial charge in [0, 0.05) is 0 Å². The van der Waals surface area contributed by atoms with Gasteiger partial charge in [-0.1, -0.05) is 25.0 Å². The maximum Gasteiger partial charge on any atom is 1.00 e. The Kier molecular flexibility index (Phi) is 8.35. The smallest absolute Gasteiger partial charge is 0.854 e. The molecule has 1 aromatic carbocycles. The van der Waals surface area contributed by atoms with Crippen LogP contribution in [0.15, 0.2) is 24.3 Å². The van der Waals surface area contributed by atoms with Gasteiger partial charge in [-0.25, -0.2) is 0 Å². The number of hydrogen-bond acceptors (Lipinski definition) is 2. The van der Waals surface area contributed by atoms with E-state index in [-0.39, 0.29) is 58.0 Å². The van der Waals surface area contributed by atoms with Gasteiger partial charge in [-0.3, -0.25) is 0 Å². The molecular formula is C10H13KO2. The Hall–Kier alpha value is 0.616. The zero-order valence-electron chi connectivity index (χ0n) is 7.99. The Labute approximate surface area is 121 Å². The van der Waals surface area contributed by atoms with E-state index >= 15 is 0 Å². The number of hydrogen-bond donors (Lipinski definition) is 1. The van der Waals surface area contributed by atoms with Gasteiger partial charge in [0.1, 0.15) is 5.75 Å². The van der Waals surface area contributed by atoms with Crippen LogP contribution in [0.2, 0.25) is 0 Å². The van der Waals surface area contributed by atoms with Gasteiger partial charge in [-0.15, -0.1) is 6.61 Å². The van der Waals surface area contributed by atoms with Crippen molar-refractivity contribution in [3.63, 3.8) is 0 Å². The quantitative estimate of drug-likeness (QED) is 0.459. The van der Waals surface area contributed by atoms with Crippen molar-refractivity contribution in [1.29, 1.82) is 0 Å². The summed E-state index contributed by atoms with van der Waals surface area (Å²) in [5.74, 6) is 0.294. The third kappa shape index (κ3) is 5.83. The number of rotatable bonds is 4. The molecule has 0 bridgehead atoms. The van der Waals surface area contributed by atoms with Crippen molar-refractivity contribution in [2.24, 2.45) is 0 Å². The van der Waals surface area contributed by atoms with Gasteiger partial charge in [-0.05, 0) is 24.1 Å². The summed E-state index contributed by atoms with van der Waals surface area (Å²) in [7, 11) is 0. The summed E-state index contributed by atoms with van der Waals surface area (Å²) in [6.45, 7) is 0.0120. The fourth-order valence-corrected chi connectivity index (χ4v) is 1.09. The molecule has 0 aliphatic carbocycles. The number of unbranched alkanes of at least 4 members (excludes halogenated alkanes) is 1. The Morgan fingerprint density at radius 1 is 1.08 bits per heavy atom. The molecule has 0 aliphatic rings. The number of phenols is 1. The SMILES string of the molecule is [K+].[O-]CCCCc1ccc(O)cc1. The van der Waals surface area contributed by atoms with E-state index in [1.165, 1.54) is 5.56 Å². The second-order valence-corrected chi connectivity index (χ2v) is 2.83. The molecular weight excluding hydrogens is 191 g/mol. The van der Waals surface area contributed by atoms with Crippen LogP contribution in [0.3, 0.4) is 0 Å². The van der Waals surface area contributed by atoms with Gasteiger partial charge in [0.2, 0.25) is 0 Å².